The molecule has 0 saturated carbocycles. The first-order chi connectivity index (χ1) is 29.8. The Morgan fingerprint density at radius 1 is 0.344 bits per heavy atom. The number of hydrogen-bond donors (Lipinski definition) is 0. The number of hydrogen-bond acceptors (Lipinski definition) is 6. The molecule has 362 valence electrons. The third-order valence-corrected chi connectivity index (χ3v) is 12.8. The molecule has 2 atom stereocenters. The van der Waals surface area contributed by atoms with Crippen molar-refractivity contribution in [2.24, 2.45) is 11.8 Å². The van der Waals surface area contributed by atoms with Crippen LogP contribution in [-0.2, 0) is 28.6 Å². The lowest BCUT2D eigenvalue weighted by Gasteiger charge is -2.18. The van der Waals surface area contributed by atoms with Crippen LogP contribution in [0.5, 0.6) is 0 Å². The molecule has 0 aliphatic carbocycles. The maximum atomic E-state index is 12.8. The molecule has 6 heteroatoms. The van der Waals surface area contributed by atoms with E-state index in [2.05, 4.69) is 34.6 Å². The van der Waals surface area contributed by atoms with Crippen LogP contribution < -0.4 is 0 Å². The summed E-state index contributed by atoms with van der Waals surface area (Å²) < 4.78 is 16.8. The van der Waals surface area contributed by atoms with Crippen LogP contribution in [0.4, 0.5) is 0 Å². The first kappa shape index (κ1) is 59.4. The monoisotopic (exact) mass is 863 g/mol. The smallest absolute Gasteiger partial charge is 0.306 e. The summed E-state index contributed by atoms with van der Waals surface area (Å²) in [6.45, 7) is 11.4. The quantitative estimate of drug-likeness (QED) is 0.0344. The Balaban J connectivity index is 4.19. The van der Waals surface area contributed by atoms with E-state index in [1.807, 2.05) is 0 Å². The van der Waals surface area contributed by atoms with E-state index in [1.54, 1.807) is 0 Å². The molecule has 0 bridgehead atoms. The second-order valence-corrected chi connectivity index (χ2v) is 19.6. The van der Waals surface area contributed by atoms with E-state index >= 15 is 0 Å². The molecule has 0 aromatic carbocycles. The second kappa shape index (κ2) is 47.9. The van der Waals surface area contributed by atoms with Gasteiger partial charge in [0.05, 0.1) is 0 Å². The molecule has 0 spiro atoms. The van der Waals surface area contributed by atoms with Gasteiger partial charge in [-0.2, -0.15) is 0 Å². The zero-order chi connectivity index (χ0) is 44.7. The molecule has 0 rings (SSSR count). The van der Waals surface area contributed by atoms with Gasteiger partial charge in [0.1, 0.15) is 13.2 Å². The molecular weight excluding hydrogens is 757 g/mol. The maximum absolute atomic E-state index is 12.8. The average Bonchev–Trinajstić information content (AvgIpc) is 3.24. The molecule has 0 N–H and O–H groups in total. The van der Waals surface area contributed by atoms with Gasteiger partial charge in [-0.1, -0.05) is 266 Å². The Kier molecular flexibility index (Phi) is 46.6. The summed E-state index contributed by atoms with van der Waals surface area (Å²) in [5, 5.41) is 0. The summed E-state index contributed by atoms with van der Waals surface area (Å²) in [5.74, 6) is 0.825. The number of carbonyl (C=O) groups excluding carboxylic acids is 3. The highest BCUT2D eigenvalue weighted by Crippen LogP contribution is 2.18. The van der Waals surface area contributed by atoms with Gasteiger partial charge in [0.25, 0.3) is 0 Å². The predicted octanol–water partition coefficient (Wildman–Crippen LogP) is 17.7. The number of unbranched alkanes of at least 4 members (excludes halogenated alkanes) is 33. The standard InChI is InChI=1S/C55H106O6/c1-6-8-9-10-11-12-13-23-27-30-37-42-47-55(58)61-52(49-60-54(57)46-41-36-32-31-34-39-44-51(5)7-2)48-59-53(56)45-40-35-29-26-24-21-19-17-15-14-16-18-20-22-25-28-33-38-43-50(3)4/h50-52H,6-49H2,1-5H3/t51?,52-/m0/s1. The molecule has 1 unspecified atom stereocenters. The van der Waals surface area contributed by atoms with E-state index in [-0.39, 0.29) is 31.1 Å². The fourth-order valence-electron chi connectivity index (χ4n) is 8.31. The summed E-state index contributed by atoms with van der Waals surface area (Å²) in [6.07, 6.45) is 49.6. The average molecular weight is 863 g/mol. The van der Waals surface area contributed by atoms with E-state index < -0.39 is 6.10 Å². The van der Waals surface area contributed by atoms with Gasteiger partial charge < -0.3 is 14.2 Å². The van der Waals surface area contributed by atoms with Crippen LogP contribution in [0.3, 0.4) is 0 Å². The number of esters is 3. The second-order valence-electron chi connectivity index (χ2n) is 19.6. The van der Waals surface area contributed by atoms with Crippen LogP contribution >= 0.6 is 0 Å². The molecule has 0 amide bonds. The number of rotatable bonds is 49. The molecule has 6 nitrogen and oxygen atoms in total. The Bertz CT molecular complexity index is 933. The summed E-state index contributed by atoms with van der Waals surface area (Å²) in [6, 6.07) is 0. The van der Waals surface area contributed by atoms with E-state index in [0.29, 0.717) is 19.3 Å². The molecule has 0 aliphatic heterocycles. The van der Waals surface area contributed by atoms with Gasteiger partial charge in [0, 0.05) is 19.3 Å². The minimum atomic E-state index is -0.762. The lowest BCUT2D eigenvalue weighted by Crippen LogP contribution is -2.30. The largest absolute Gasteiger partial charge is 0.462 e. The van der Waals surface area contributed by atoms with Crippen molar-refractivity contribution >= 4 is 17.9 Å². The van der Waals surface area contributed by atoms with Gasteiger partial charge in [0.2, 0.25) is 0 Å². The summed E-state index contributed by atoms with van der Waals surface area (Å²) in [5.41, 5.74) is 0. The van der Waals surface area contributed by atoms with Gasteiger partial charge in [-0.15, -0.1) is 0 Å². The summed E-state index contributed by atoms with van der Waals surface area (Å²) in [4.78, 5) is 37.9. The van der Waals surface area contributed by atoms with E-state index in [9.17, 15) is 14.4 Å². The SMILES string of the molecule is CCCCCCCCCCCCCCC(=O)O[C@@H](COC(=O)CCCCCCCCCCCCCCCCCCCCC(C)C)COC(=O)CCCCCCCCC(C)CC. The minimum Gasteiger partial charge on any atom is -0.462 e. The van der Waals surface area contributed by atoms with Crippen LogP contribution in [0, 0.1) is 11.8 Å². The molecule has 0 heterocycles. The Morgan fingerprint density at radius 2 is 0.623 bits per heavy atom. The number of carbonyl (C=O) groups is 3. The predicted molar refractivity (Wildman–Crippen MR) is 261 cm³/mol. The molecule has 0 fully saturated rings. The third-order valence-electron chi connectivity index (χ3n) is 12.8. The van der Waals surface area contributed by atoms with Crippen LogP contribution in [0.25, 0.3) is 0 Å². The minimum absolute atomic E-state index is 0.0639. The fourth-order valence-corrected chi connectivity index (χ4v) is 8.31. The fraction of sp³-hybridized carbons (Fsp3) is 0.945. The molecule has 0 aromatic rings. The summed E-state index contributed by atoms with van der Waals surface area (Å²) >= 11 is 0. The van der Waals surface area contributed by atoms with Crippen molar-refractivity contribution in [3.8, 4) is 0 Å². The van der Waals surface area contributed by atoms with Crippen LogP contribution in [0.15, 0.2) is 0 Å². The van der Waals surface area contributed by atoms with E-state index in [1.165, 1.54) is 193 Å². The Hall–Kier alpha value is -1.59. The zero-order valence-corrected chi connectivity index (χ0v) is 41.8. The lowest BCUT2D eigenvalue weighted by molar-refractivity contribution is -0.167. The summed E-state index contributed by atoms with van der Waals surface area (Å²) in [7, 11) is 0. The zero-order valence-electron chi connectivity index (χ0n) is 41.8. The van der Waals surface area contributed by atoms with Crippen molar-refractivity contribution in [2.45, 2.75) is 310 Å². The topological polar surface area (TPSA) is 78.9 Å². The van der Waals surface area contributed by atoms with Crippen molar-refractivity contribution in [3.63, 3.8) is 0 Å². The van der Waals surface area contributed by atoms with Crippen LogP contribution in [0.1, 0.15) is 304 Å². The number of ether oxygens (including phenoxy) is 3. The first-order valence-electron chi connectivity index (χ1n) is 27.3. The van der Waals surface area contributed by atoms with E-state index in [4.69, 9.17) is 14.2 Å². The van der Waals surface area contributed by atoms with Gasteiger partial charge in [-0.05, 0) is 31.1 Å². The molecule has 61 heavy (non-hydrogen) atoms. The normalized spacial score (nSPS) is 12.5. The molecule has 0 aliphatic rings. The maximum Gasteiger partial charge on any atom is 0.306 e. The van der Waals surface area contributed by atoms with Crippen LogP contribution in [-0.4, -0.2) is 37.2 Å². The molecule has 0 saturated heterocycles. The third kappa shape index (κ3) is 47.7. The Morgan fingerprint density at radius 3 is 0.934 bits per heavy atom. The van der Waals surface area contributed by atoms with Crippen molar-refractivity contribution in [3.05, 3.63) is 0 Å². The first-order valence-corrected chi connectivity index (χ1v) is 27.3. The van der Waals surface area contributed by atoms with Crippen molar-refractivity contribution in [1.29, 1.82) is 0 Å². The molecule has 0 aromatic heterocycles. The lowest BCUT2D eigenvalue weighted by atomic mass is 10.00. The van der Waals surface area contributed by atoms with Crippen molar-refractivity contribution < 1.29 is 28.6 Å². The van der Waals surface area contributed by atoms with Gasteiger partial charge in [-0.25, -0.2) is 0 Å². The Labute approximate surface area is 380 Å². The van der Waals surface area contributed by atoms with Gasteiger partial charge in [-0.3, -0.25) is 14.4 Å². The molecular formula is C55H106O6. The van der Waals surface area contributed by atoms with Crippen molar-refractivity contribution in [2.75, 3.05) is 13.2 Å². The molecule has 0 radical (unpaired) electrons. The highest BCUT2D eigenvalue weighted by atomic mass is 16.6. The van der Waals surface area contributed by atoms with Gasteiger partial charge >= 0.3 is 17.9 Å². The van der Waals surface area contributed by atoms with Gasteiger partial charge in [0.15, 0.2) is 6.10 Å². The highest BCUT2D eigenvalue weighted by Gasteiger charge is 2.19. The van der Waals surface area contributed by atoms with E-state index in [0.717, 1.165) is 69.6 Å². The highest BCUT2D eigenvalue weighted by molar-refractivity contribution is 5.71. The van der Waals surface area contributed by atoms with Crippen molar-refractivity contribution in [1.82, 2.24) is 0 Å². The van der Waals surface area contributed by atoms with Crippen LogP contribution in [0.2, 0.25) is 0 Å².